The molecule has 16 heavy (non-hydrogen) atoms. The number of piperidine rings is 1. The smallest absolute Gasteiger partial charge is 0.239 e. The minimum Gasteiger partial charge on any atom is -0.341 e. The van der Waals surface area contributed by atoms with Gasteiger partial charge in [0.1, 0.15) is 0 Å². The van der Waals surface area contributed by atoms with Gasteiger partial charge < -0.3 is 10.6 Å². The monoisotopic (exact) mass is 224 g/mol. The summed E-state index contributed by atoms with van der Waals surface area (Å²) < 4.78 is 0. The van der Waals surface area contributed by atoms with Gasteiger partial charge in [0.15, 0.2) is 0 Å². The molecule has 0 aromatic rings. The number of hydrogen-bond donors (Lipinski definition) is 1. The van der Waals surface area contributed by atoms with Crippen molar-refractivity contribution in [2.45, 2.75) is 57.9 Å². The van der Waals surface area contributed by atoms with Gasteiger partial charge in [-0.2, -0.15) is 0 Å². The molecule has 1 aliphatic heterocycles. The number of amides is 1. The topological polar surface area (TPSA) is 46.3 Å². The molecule has 3 heteroatoms. The quantitative estimate of drug-likeness (QED) is 0.778. The lowest BCUT2D eigenvalue weighted by molar-refractivity contribution is -0.135. The summed E-state index contributed by atoms with van der Waals surface area (Å²) in [4.78, 5) is 13.9. The molecule has 0 radical (unpaired) electrons. The Bertz CT molecular complexity index is 249. The molecule has 0 aromatic heterocycles. The van der Waals surface area contributed by atoms with E-state index in [1.165, 1.54) is 38.5 Å². The van der Waals surface area contributed by atoms with Gasteiger partial charge in [-0.25, -0.2) is 0 Å². The number of carbonyl (C=O) groups excluding carboxylic acids is 1. The van der Waals surface area contributed by atoms with Gasteiger partial charge in [-0.1, -0.05) is 19.8 Å². The zero-order chi connectivity index (χ0) is 11.6. The van der Waals surface area contributed by atoms with Gasteiger partial charge in [-0.15, -0.1) is 0 Å². The van der Waals surface area contributed by atoms with E-state index >= 15 is 0 Å². The molecule has 3 nitrogen and oxygen atoms in total. The van der Waals surface area contributed by atoms with Gasteiger partial charge in [0.05, 0.1) is 6.04 Å². The molecule has 1 heterocycles. The van der Waals surface area contributed by atoms with Crippen molar-refractivity contribution in [1.29, 1.82) is 0 Å². The van der Waals surface area contributed by atoms with Crippen LogP contribution in [0.5, 0.6) is 0 Å². The first kappa shape index (κ1) is 11.9. The van der Waals surface area contributed by atoms with Crippen LogP contribution in [0.2, 0.25) is 0 Å². The van der Waals surface area contributed by atoms with Crippen LogP contribution in [0.3, 0.4) is 0 Å². The molecule has 2 N–H and O–H groups in total. The molecular weight excluding hydrogens is 200 g/mol. The van der Waals surface area contributed by atoms with Gasteiger partial charge in [0.2, 0.25) is 5.91 Å². The van der Waals surface area contributed by atoms with Crippen LogP contribution in [-0.4, -0.2) is 29.9 Å². The Labute approximate surface area is 98.4 Å². The molecule has 1 saturated carbocycles. The third-order valence-electron chi connectivity index (χ3n) is 4.56. The molecule has 2 aliphatic rings. The lowest BCUT2D eigenvalue weighted by atomic mass is 9.77. The van der Waals surface area contributed by atoms with E-state index in [1.807, 2.05) is 11.8 Å². The maximum Gasteiger partial charge on any atom is 0.239 e. The van der Waals surface area contributed by atoms with Crippen molar-refractivity contribution in [1.82, 2.24) is 4.90 Å². The summed E-state index contributed by atoms with van der Waals surface area (Å²) in [6.07, 6.45) is 8.71. The molecule has 2 fully saturated rings. The fourth-order valence-corrected chi connectivity index (χ4v) is 3.24. The second kappa shape index (κ2) is 4.74. The molecule has 2 rings (SSSR count). The molecule has 0 aromatic carbocycles. The number of nitrogens with zero attached hydrogens (tertiary/aromatic N) is 1. The Morgan fingerprint density at radius 2 is 1.81 bits per heavy atom. The maximum atomic E-state index is 11.9. The zero-order valence-electron chi connectivity index (χ0n) is 10.4. The van der Waals surface area contributed by atoms with Crippen molar-refractivity contribution < 1.29 is 4.79 Å². The number of rotatable bonds is 2. The average Bonchev–Trinajstić information content (AvgIpc) is 2.77. The average molecular weight is 224 g/mol. The predicted molar refractivity (Wildman–Crippen MR) is 65.0 cm³/mol. The summed E-state index contributed by atoms with van der Waals surface area (Å²) in [6.45, 7) is 3.85. The van der Waals surface area contributed by atoms with Crippen LogP contribution in [0.25, 0.3) is 0 Å². The number of likely N-dealkylation sites (tertiary alicyclic amines) is 1. The Morgan fingerprint density at radius 1 is 1.25 bits per heavy atom. The molecule has 92 valence electrons. The van der Waals surface area contributed by atoms with Gasteiger partial charge in [-0.3, -0.25) is 4.79 Å². The lowest BCUT2D eigenvalue weighted by Crippen LogP contribution is -2.48. The van der Waals surface area contributed by atoms with Gasteiger partial charge in [0, 0.05) is 13.1 Å². The van der Waals surface area contributed by atoms with E-state index < -0.39 is 0 Å². The van der Waals surface area contributed by atoms with Gasteiger partial charge >= 0.3 is 0 Å². The van der Waals surface area contributed by atoms with Crippen LogP contribution in [0.15, 0.2) is 0 Å². The first-order valence-corrected chi connectivity index (χ1v) is 6.71. The Morgan fingerprint density at radius 3 is 2.31 bits per heavy atom. The number of carbonyl (C=O) groups is 1. The van der Waals surface area contributed by atoms with Gasteiger partial charge in [-0.05, 0) is 37.5 Å². The second-order valence-corrected chi connectivity index (χ2v) is 5.55. The first-order valence-electron chi connectivity index (χ1n) is 6.71. The number of nitrogens with two attached hydrogens (primary N) is 1. The van der Waals surface area contributed by atoms with Crippen LogP contribution in [0, 0.1) is 5.41 Å². The van der Waals surface area contributed by atoms with Crippen LogP contribution in [0.4, 0.5) is 0 Å². The second-order valence-electron chi connectivity index (χ2n) is 5.55. The fraction of sp³-hybridized carbons (Fsp3) is 0.923. The summed E-state index contributed by atoms with van der Waals surface area (Å²) in [5, 5.41) is 0. The minimum absolute atomic E-state index is 0.162. The van der Waals surface area contributed by atoms with Crippen LogP contribution >= 0.6 is 0 Å². The van der Waals surface area contributed by atoms with Crippen molar-refractivity contribution in [2.75, 3.05) is 13.1 Å². The number of hydrogen-bond acceptors (Lipinski definition) is 2. The predicted octanol–water partition coefficient (Wildman–Crippen LogP) is 1.91. The summed E-state index contributed by atoms with van der Waals surface area (Å²) in [6, 6.07) is -0.280. The largest absolute Gasteiger partial charge is 0.341 e. The minimum atomic E-state index is -0.280. The summed E-state index contributed by atoms with van der Waals surface area (Å²) in [5.41, 5.74) is 6.39. The van der Waals surface area contributed by atoms with Crippen molar-refractivity contribution in [3.8, 4) is 0 Å². The van der Waals surface area contributed by atoms with Crippen molar-refractivity contribution in [3.05, 3.63) is 0 Å². The summed E-state index contributed by atoms with van der Waals surface area (Å²) in [5.74, 6) is 0.162. The van der Waals surface area contributed by atoms with Crippen molar-refractivity contribution in [3.63, 3.8) is 0 Å². The van der Waals surface area contributed by atoms with Crippen LogP contribution < -0.4 is 5.73 Å². The Kier molecular flexibility index (Phi) is 3.53. The van der Waals surface area contributed by atoms with Gasteiger partial charge in [0.25, 0.3) is 0 Å². The fourth-order valence-electron chi connectivity index (χ4n) is 3.24. The Balaban J connectivity index is 1.87. The third-order valence-corrected chi connectivity index (χ3v) is 4.56. The Hall–Kier alpha value is -0.570. The maximum absolute atomic E-state index is 11.9. The highest BCUT2D eigenvalue weighted by molar-refractivity contribution is 5.81. The van der Waals surface area contributed by atoms with Crippen LogP contribution in [0.1, 0.15) is 51.9 Å². The first-order chi connectivity index (χ1) is 7.67. The SMILES string of the molecule is CC[C@H](N)C(=O)N1CCC2(CCCC2)CC1. The normalized spacial score (nSPS) is 26.0. The highest BCUT2D eigenvalue weighted by Gasteiger charge is 2.38. The molecule has 0 unspecified atom stereocenters. The zero-order valence-corrected chi connectivity index (χ0v) is 10.4. The van der Waals surface area contributed by atoms with E-state index in [9.17, 15) is 4.79 Å². The third kappa shape index (κ3) is 2.24. The highest BCUT2D eigenvalue weighted by atomic mass is 16.2. The molecule has 1 aliphatic carbocycles. The molecule has 1 saturated heterocycles. The van der Waals surface area contributed by atoms with E-state index in [1.54, 1.807) is 0 Å². The molecular formula is C13H24N2O. The molecule has 1 spiro atoms. The lowest BCUT2D eigenvalue weighted by Gasteiger charge is -2.40. The summed E-state index contributed by atoms with van der Waals surface area (Å²) in [7, 11) is 0. The van der Waals surface area contributed by atoms with E-state index in [-0.39, 0.29) is 11.9 Å². The highest BCUT2D eigenvalue weighted by Crippen LogP contribution is 2.46. The van der Waals surface area contributed by atoms with Crippen molar-refractivity contribution >= 4 is 5.91 Å². The molecule has 1 amide bonds. The van der Waals surface area contributed by atoms with E-state index in [4.69, 9.17) is 5.73 Å². The van der Waals surface area contributed by atoms with E-state index in [2.05, 4.69) is 0 Å². The van der Waals surface area contributed by atoms with Crippen molar-refractivity contribution in [2.24, 2.45) is 11.1 Å². The van der Waals surface area contributed by atoms with Crippen LogP contribution in [-0.2, 0) is 4.79 Å². The van der Waals surface area contributed by atoms with E-state index in [0.29, 0.717) is 5.41 Å². The van der Waals surface area contributed by atoms with E-state index in [0.717, 1.165) is 19.5 Å². The summed E-state index contributed by atoms with van der Waals surface area (Å²) >= 11 is 0. The standard InChI is InChI=1S/C13H24N2O/c1-2-11(14)12(16)15-9-7-13(8-10-15)5-3-4-6-13/h11H,2-10,14H2,1H3/t11-/m0/s1. The molecule has 1 atom stereocenters. The molecule has 0 bridgehead atoms.